The molecule has 0 radical (unpaired) electrons. The number of hydrazine groups is 1. The summed E-state index contributed by atoms with van der Waals surface area (Å²) in [6, 6.07) is 8.51. The van der Waals surface area contributed by atoms with Crippen LogP contribution >= 0.6 is 0 Å². The second kappa shape index (κ2) is 7.05. The normalized spacial score (nSPS) is 8.15. The van der Waals surface area contributed by atoms with Gasteiger partial charge in [-0.2, -0.15) is 0 Å². The molecule has 0 aromatic heterocycles. The minimum absolute atomic E-state index is 0.250. The molecule has 72 valence electrons. The lowest BCUT2D eigenvalue weighted by molar-refractivity contribution is -0.445. The van der Waals surface area contributed by atoms with Crippen molar-refractivity contribution < 1.29 is 10.1 Å². The third-order valence-corrected chi connectivity index (χ3v) is 0.994. The van der Waals surface area contributed by atoms with Gasteiger partial charge in [0, 0.05) is 6.61 Å². The Balaban J connectivity index is 0.000000424. The van der Waals surface area contributed by atoms with Gasteiger partial charge in [0.1, 0.15) is 5.69 Å². The number of nitro groups is 1. The van der Waals surface area contributed by atoms with Crippen molar-refractivity contribution >= 4 is 5.69 Å². The molecule has 5 nitrogen and oxygen atoms in total. The van der Waals surface area contributed by atoms with Crippen LogP contribution in [0.4, 0.5) is 5.69 Å². The molecule has 0 unspecified atom stereocenters. The number of para-hydroxylation sites is 1. The van der Waals surface area contributed by atoms with Crippen LogP contribution < -0.4 is 5.43 Å². The molecule has 2 N–H and O–H groups in total. The van der Waals surface area contributed by atoms with Crippen LogP contribution in [-0.2, 0) is 0 Å². The number of nitrogens with zero attached hydrogens (tertiary/aromatic N) is 1. The molecule has 0 aliphatic carbocycles. The molecule has 13 heavy (non-hydrogen) atoms. The average Bonchev–Trinajstić information content (AvgIpc) is 2.06. The Morgan fingerprint density at radius 1 is 1.46 bits per heavy atom. The van der Waals surface area contributed by atoms with Crippen LogP contribution in [0.1, 0.15) is 6.92 Å². The predicted molar refractivity (Wildman–Crippen MR) is 49.8 cm³/mol. The number of anilines is 1. The fraction of sp³-hybridized carbons (Fsp3) is 0.250. The summed E-state index contributed by atoms with van der Waals surface area (Å²) in [5.74, 6) is 0. The highest BCUT2D eigenvalue weighted by Gasteiger charge is 1.93. The third kappa shape index (κ3) is 6.77. The molecule has 5 heteroatoms. The van der Waals surface area contributed by atoms with Crippen LogP contribution in [0.15, 0.2) is 30.3 Å². The van der Waals surface area contributed by atoms with Gasteiger partial charge in [-0.05, 0) is 19.1 Å². The number of nitrogens with one attached hydrogen (secondary N) is 1. The first kappa shape index (κ1) is 11.4. The van der Waals surface area contributed by atoms with Crippen molar-refractivity contribution in [2.45, 2.75) is 6.92 Å². The monoisotopic (exact) mass is 184 g/mol. The van der Waals surface area contributed by atoms with E-state index in [0.717, 1.165) is 0 Å². The number of aliphatic hydroxyl groups excluding tert-OH is 1. The van der Waals surface area contributed by atoms with Crippen LogP contribution in [0.3, 0.4) is 0 Å². The van der Waals surface area contributed by atoms with E-state index in [1.54, 1.807) is 37.3 Å². The molecule has 1 rings (SSSR count). The molecule has 0 fully saturated rings. The fourth-order valence-corrected chi connectivity index (χ4v) is 0.618. The maximum atomic E-state index is 9.86. The molecule has 1 aromatic rings. The molecular weight excluding hydrogens is 172 g/mol. The molecule has 0 heterocycles. The zero-order valence-electron chi connectivity index (χ0n) is 7.30. The topological polar surface area (TPSA) is 75.4 Å². The molecule has 0 spiro atoms. The second-order valence-corrected chi connectivity index (χ2v) is 2.05. The van der Waals surface area contributed by atoms with Crippen molar-refractivity contribution in [1.82, 2.24) is 0 Å². The Morgan fingerprint density at radius 3 is 2.31 bits per heavy atom. The van der Waals surface area contributed by atoms with Gasteiger partial charge in [-0.15, -0.1) is 5.43 Å². The predicted octanol–water partition coefficient (Wildman–Crippen LogP) is 1.29. The lowest BCUT2D eigenvalue weighted by Gasteiger charge is -1.93. The van der Waals surface area contributed by atoms with E-state index in [0.29, 0.717) is 5.69 Å². The van der Waals surface area contributed by atoms with Crippen molar-refractivity contribution in [2.24, 2.45) is 0 Å². The molecule has 0 aliphatic rings. The lowest BCUT2D eigenvalue weighted by atomic mass is 10.3. The summed E-state index contributed by atoms with van der Waals surface area (Å²) in [5.41, 5.74) is 2.52. The molecule has 0 atom stereocenters. The first-order valence-electron chi connectivity index (χ1n) is 3.77. The van der Waals surface area contributed by atoms with Gasteiger partial charge in [0.05, 0.1) is 0 Å². The van der Waals surface area contributed by atoms with Crippen molar-refractivity contribution in [3.05, 3.63) is 40.4 Å². The Labute approximate surface area is 76.1 Å². The van der Waals surface area contributed by atoms with Crippen molar-refractivity contribution in [3.63, 3.8) is 0 Å². The van der Waals surface area contributed by atoms with Crippen molar-refractivity contribution in [1.29, 1.82) is 0 Å². The van der Waals surface area contributed by atoms with E-state index in [1.807, 2.05) is 5.43 Å². The summed E-state index contributed by atoms with van der Waals surface area (Å²) < 4.78 is 0. The van der Waals surface area contributed by atoms with Gasteiger partial charge >= 0.3 is 0 Å². The Morgan fingerprint density at radius 2 is 1.92 bits per heavy atom. The number of rotatable bonds is 2. The van der Waals surface area contributed by atoms with E-state index < -0.39 is 5.03 Å². The first-order valence-corrected chi connectivity index (χ1v) is 3.77. The number of aliphatic hydroxyl groups is 1. The van der Waals surface area contributed by atoms with Gasteiger partial charge in [0.2, 0.25) is 0 Å². The van der Waals surface area contributed by atoms with Crippen LogP contribution in [-0.4, -0.2) is 16.7 Å². The molecule has 0 saturated carbocycles. The lowest BCUT2D eigenvalue weighted by Crippen LogP contribution is -2.06. The fourth-order valence-electron chi connectivity index (χ4n) is 0.618. The SMILES string of the molecule is CCO.O=[N+]([O-])Nc1ccccc1. The summed E-state index contributed by atoms with van der Waals surface area (Å²) >= 11 is 0. The zero-order valence-corrected chi connectivity index (χ0v) is 7.30. The Kier molecular flexibility index (Phi) is 6.17. The molecule has 1 aromatic carbocycles. The zero-order chi connectivity index (χ0) is 10.1. The summed E-state index contributed by atoms with van der Waals surface area (Å²) in [5, 5.41) is 16.8. The number of hydrogen-bond acceptors (Lipinski definition) is 3. The molecular formula is C8H12N2O3. The molecule has 0 aliphatic heterocycles. The van der Waals surface area contributed by atoms with E-state index in [-0.39, 0.29) is 6.61 Å². The van der Waals surface area contributed by atoms with Gasteiger partial charge < -0.3 is 5.11 Å². The number of benzene rings is 1. The Bertz CT molecular complexity index is 238. The maximum Gasteiger partial charge on any atom is 0.162 e. The van der Waals surface area contributed by atoms with E-state index in [9.17, 15) is 10.1 Å². The minimum Gasteiger partial charge on any atom is -0.397 e. The molecule has 0 amide bonds. The summed E-state index contributed by atoms with van der Waals surface area (Å²) in [7, 11) is 0. The van der Waals surface area contributed by atoms with E-state index in [2.05, 4.69) is 0 Å². The van der Waals surface area contributed by atoms with Gasteiger partial charge in [-0.25, -0.2) is 10.1 Å². The van der Waals surface area contributed by atoms with E-state index in [4.69, 9.17) is 5.11 Å². The second-order valence-electron chi connectivity index (χ2n) is 2.05. The van der Waals surface area contributed by atoms with Crippen LogP contribution in [0, 0.1) is 10.1 Å². The highest BCUT2D eigenvalue weighted by Crippen LogP contribution is 2.03. The highest BCUT2D eigenvalue weighted by molar-refractivity contribution is 5.39. The van der Waals surface area contributed by atoms with Crippen molar-refractivity contribution in [3.8, 4) is 0 Å². The van der Waals surface area contributed by atoms with Gasteiger partial charge in [-0.1, -0.05) is 18.2 Å². The van der Waals surface area contributed by atoms with Crippen molar-refractivity contribution in [2.75, 3.05) is 12.0 Å². The summed E-state index contributed by atoms with van der Waals surface area (Å²) in [6.45, 7) is 1.93. The molecule has 0 bridgehead atoms. The minimum atomic E-state index is -0.588. The van der Waals surface area contributed by atoms with E-state index in [1.165, 1.54) is 0 Å². The average molecular weight is 184 g/mol. The van der Waals surface area contributed by atoms with Gasteiger partial charge in [-0.3, -0.25) is 0 Å². The smallest absolute Gasteiger partial charge is 0.162 e. The molecule has 0 saturated heterocycles. The van der Waals surface area contributed by atoms with Crippen LogP contribution in [0.25, 0.3) is 0 Å². The summed E-state index contributed by atoms with van der Waals surface area (Å²) in [6.07, 6.45) is 0. The third-order valence-electron chi connectivity index (χ3n) is 0.994. The summed E-state index contributed by atoms with van der Waals surface area (Å²) in [4.78, 5) is 9.86. The standard InChI is InChI=1S/C6H6N2O2.C2H6O/c9-8(10)7-6-4-2-1-3-5-6;1-2-3/h1-5,7H;3H,2H2,1H3. The Hall–Kier alpha value is -1.62. The number of hydrogen-bond donors (Lipinski definition) is 2. The van der Waals surface area contributed by atoms with Gasteiger partial charge in [0.15, 0.2) is 5.03 Å². The van der Waals surface area contributed by atoms with Gasteiger partial charge in [0.25, 0.3) is 0 Å². The quantitative estimate of drug-likeness (QED) is 0.536. The van der Waals surface area contributed by atoms with E-state index >= 15 is 0 Å². The largest absolute Gasteiger partial charge is 0.397 e. The first-order chi connectivity index (χ1) is 6.20. The van der Waals surface area contributed by atoms with Crippen LogP contribution in [0.2, 0.25) is 0 Å². The maximum absolute atomic E-state index is 9.86. The van der Waals surface area contributed by atoms with Crippen LogP contribution in [0.5, 0.6) is 0 Å². The highest BCUT2D eigenvalue weighted by atomic mass is 16.7.